The summed E-state index contributed by atoms with van der Waals surface area (Å²) in [4.78, 5) is 27.3. The van der Waals surface area contributed by atoms with Gasteiger partial charge in [-0.1, -0.05) is 53.6 Å². The molecule has 0 radical (unpaired) electrons. The molecule has 0 amide bonds. The van der Waals surface area contributed by atoms with Gasteiger partial charge in [0.1, 0.15) is 11.5 Å². The second-order valence-corrected chi connectivity index (χ2v) is 15.6. The van der Waals surface area contributed by atoms with E-state index >= 15 is 0 Å². The van der Waals surface area contributed by atoms with E-state index in [0.717, 1.165) is 44.3 Å². The Hall–Kier alpha value is -1.65. The molecular formula is C31H45NO4. The molecule has 1 heterocycles. The van der Waals surface area contributed by atoms with Gasteiger partial charge in [0.25, 0.3) is 0 Å². The first kappa shape index (κ1) is 24.7. The highest BCUT2D eigenvalue weighted by molar-refractivity contribution is 5.86. The van der Waals surface area contributed by atoms with Crippen LogP contribution in [-0.4, -0.2) is 22.0 Å². The molecule has 198 valence electrons. The van der Waals surface area contributed by atoms with Gasteiger partial charge < -0.3 is 9.63 Å². The lowest BCUT2D eigenvalue weighted by molar-refractivity contribution is -0.230. The van der Waals surface area contributed by atoms with Crippen LogP contribution in [0, 0.1) is 50.7 Å². The molecule has 0 saturated heterocycles. The van der Waals surface area contributed by atoms with E-state index in [4.69, 9.17) is 4.52 Å². The summed E-state index contributed by atoms with van der Waals surface area (Å²) in [6.07, 6.45) is 9.70. The number of hydrogen-bond donors (Lipinski definition) is 1. The molecule has 36 heavy (non-hydrogen) atoms. The van der Waals surface area contributed by atoms with Crippen LogP contribution in [0.25, 0.3) is 0 Å². The third-order valence-electron chi connectivity index (χ3n) is 13.4. The topological polar surface area (TPSA) is 80.4 Å². The van der Waals surface area contributed by atoms with E-state index in [-0.39, 0.29) is 44.8 Å². The first-order valence-corrected chi connectivity index (χ1v) is 14.3. The van der Waals surface area contributed by atoms with E-state index in [1.165, 1.54) is 5.56 Å². The van der Waals surface area contributed by atoms with Crippen molar-refractivity contribution < 1.29 is 19.2 Å². The molecule has 2 unspecified atom stereocenters. The Labute approximate surface area is 216 Å². The van der Waals surface area contributed by atoms with Crippen molar-refractivity contribution in [3.8, 4) is 0 Å². The van der Waals surface area contributed by atoms with Crippen LogP contribution in [0.1, 0.15) is 111 Å². The van der Waals surface area contributed by atoms with E-state index in [1.807, 2.05) is 6.20 Å². The van der Waals surface area contributed by atoms with E-state index < -0.39 is 11.4 Å². The fourth-order valence-electron chi connectivity index (χ4n) is 11.4. The van der Waals surface area contributed by atoms with Gasteiger partial charge in [-0.25, -0.2) is 0 Å². The van der Waals surface area contributed by atoms with E-state index in [0.29, 0.717) is 31.0 Å². The summed E-state index contributed by atoms with van der Waals surface area (Å²) in [6.45, 7) is 16.5. The van der Waals surface area contributed by atoms with Crippen LogP contribution in [0.5, 0.6) is 0 Å². The maximum atomic E-state index is 14.4. The fraction of sp³-hybridized carbons (Fsp3) is 0.839. The Morgan fingerprint density at radius 2 is 1.67 bits per heavy atom. The number of carbonyl (C=O) groups excluding carboxylic acids is 1. The average molecular weight is 496 g/mol. The summed E-state index contributed by atoms with van der Waals surface area (Å²) in [5, 5.41) is 14.7. The Bertz CT molecular complexity index is 1130. The van der Waals surface area contributed by atoms with Gasteiger partial charge in [0.05, 0.1) is 11.6 Å². The number of carbonyl (C=O) groups is 2. The zero-order valence-corrected chi connectivity index (χ0v) is 23.4. The van der Waals surface area contributed by atoms with E-state index in [2.05, 4.69) is 53.6 Å². The molecule has 0 aromatic carbocycles. The van der Waals surface area contributed by atoms with Crippen molar-refractivity contribution in [2.24, 2.45) is 50.7 Å². The van der Waals surface area contributed by atoms with Gasteiger partial charge in [-0.3, -0.25) is 9.59 Å². The van der Waals surface area contributed by atoms with Gasteiger partial charge in [0.15, 0.2) is 0 Å². The van der Waals surface area contributed by atoms with Crippen LogP contribution in [-0.2, 0) is 21.4 Å². The highest BCUT2D eigenvalue weighted by atomic mass is 16.5. The number of ketones is 1. The van der Waals surface area contributed by atoms with Crippen molar-refractivity contribution in [1.29, 1.82) is 0 Å². The number of aromatic nitrogens is 1. The van der Waals surface area contributed by atoms with E-state index in [1.54, 1.807) is 0 Å². The van der Waals surface area contributed by atoms with Gasteiger partial charge in [0.2, 0.25) is 0 Å². The second-order valence-electron chi connectivity index (χ2n) is 15.6. The van der Waals surface area contributed by atoms with Gasteiger partial charge in [-0.2, -0.15) is 0 Å². The highest BCUT2D eigenvalue weighted by Gasteiger charge is 2.73. The molecule has 5 aliphatic carbocycles. The van der Waals surface area contributed by atoms with Crippen molar-refractivity contribution in [3.63, 3.8) is 0 Å². The zero-order chi connectivity index (χ0) is 26.1. The largest absolute Gasteiger partial charge is 0.481 e. The number of carboxylic acids is 1. The number of nitrogens with zero attached hydrogens (tertiary/aromatic N) is 1. The number of fused-ring (bicyclic) bond motifs is 8. The van der Waals surface area contributed by atoms with Crippen molar-refractivity contribution >= 4 is 11.8 Å². The molecule has 1 aromatic heterocycles. The summed E-state index contributed by atoms with van der Waals surface area (Å²) in [5.41, 5.74) is 0.284. The lowest BCUT2D eigenvalue weighted by atomic mass is 9.31. The summed E-state index contributed by atoms with van der Waals surface area (Å²) in [5.74, 6) is 1.25. The minimum Gasteiger partial charge on any atom is -0.481 e. The van der Waals surface area contributed by atoms with E-state index in [9.17, 15) is 14.7 Å². The smallest absolute Gasteiger partial charge is 0.309 e. The maximum absolute atomic E-state index is 14.4. The molecule has 8 atom stereocenters. The number of aliphatic carboxylic acids is 1. The molecule has 5 aliphatic rings. The van der Waals surface area contributed by atoms with Crippen LogP contribution in [0.2, 0.25) is 0 Å². The predicted molar refractivity (Wildman–Crippen MR) is 137 cm³/mol. The standard InChI is InChI=1S/C31H45NO4/c1-26(2)10-12-31(25(34)35)13-11-30(7)23(19(31)16-26)20(33)14-22-28(5)15-18-17-32-36-24(18)27(3,4)21(28)8-9-29(22,30)6/h17,19,21-23H,8-16H2,1-7H3,(H,34,35)/t19?,21-,22+,23?,28-,29+,30+,31-/m0/s1. The molecule has 1 aromatic rings. The molecule has 4 saturated carbocycles. The van der Waals surface area contributed by atoms with Gasteiger partial charge in [-0.15, -0.1) is 0 Å². The third-order valence-corrected chi connectivity index (χ3v) is 13.4. The molecular weight excluding hydrogens is 450 g/mol. The molecule has 0 aliphatic heterocycles. The molecule has 5 heteroatoms. The zero-order valence-electron chi connectivity index (χ0n) is 23.4. The summed E-state index contributed by atoms with van der Waals surface area (Å²) >= 11 is 0. The summed E-state index contributed by atoms with van der Waals surface area (Å²) in [6, 6.07) is 0. The van der Waals surface area contributed by atoms with Crippen molar-refractivity contribution in [3.05, 3.63) is 17.5 Å². The third kappa shape index (κ3) is 2.76. The van der Waals surface area contributed by atoms with Crippen molar-refractivity contribution in [2.75, 3.05) is 0 Å². The normalized spacial score (nSPS) is 48.6. The van der Waals surface area contributed by atoms with Gasteiger partial charge in [-0.05, 0) is 90.8 Å². The Morgan fingerprint density at radius 3 is 2.36 bits per heavy atom. The fourth-order valence-corrected chi connectivity index (χ4v) is 11.4. The lowest BCUT2D eigenvalue weighted by Crippen LogP contribution is -2.69. The number of Topliss-reactive ketones (excluding diaryl/α,β-unsaturated/α-hetero) is 1. The van der Waals surface area contributed by atoms with Crippen LogP contribution < -0.4 is 0 Å². The number of carboxylic acid groups (broad SMARTS) is 1. The van der Waals surface area contributed by atoms with Crippen LogP contribution in [0.3, 0.4) is 0 Å². The second kappa shape index (κ2) is 7.05. The quantitative estimate of drug-likeness (QED) is 0.462. The minimum absolute atomic E-state index is 0.00777. The number of rotatable bonds is 1. The first-order valence-electron chi connectivity index (χ1n) is 14.3. The Kier molecular flexibility index (Phi) is 4.83. The molecule has 4 fully saturated rings. The maximum Gasteiger partial charge on any atom is 0.309 e. The van der Waals surface area contributed by atoms with Gasteiger partial charge >= 0.3 is 5.97 Å². The molecule has 1 N–H and O–H groups in total. The van der Waals surface area contributed by atoms with Crippen LogP contribution >= 0.6 is 0 Å². The molecule has 0 bridgehead atoms. The SMILES string of the molecule is CC1(C)CC[C@]2(C(=O)O)CC[C@]3(C)C(C(=O)C[C@@H]4[C@@]5(C)Cc6cnoc6C(C)(C)[C@@H]5CC[C@]43C)C2C1. The average Bonchev–Trinajstić information content (AvgIpc) is 3.23. The number of hydrogen-bond acceptors (Lipinski definition) is 4. The van der Waals surface area contributed by atoms with Crippen molar-refractivity contribution in [2.45, 2.75) is 112 Å². The van der Waals surface area contributed by atoms with Crippen molar-refractivity contribution in [1.82, 2.24) is 5.16 Å². The lowest BCUT2D eigenvalue weighted by Gasteiger charge is -2.72. The Balaban J connectivity index is 1.46. The summed E-state index contributed by atoms with van der Waals surface area (Å²) in [7, 11) is 0. The predicted octanol–water partition coefficient (Wildman–Crippen LogP) is 6.83. The van der Waals surface area contributed by atoms with Gasteiger partial charge in [0, 0.05) is 23.3 Å². The van der Waals surface area contributed by atoms with Crippen LogP contribution in [0.4, 0.5) is 0 Å². The van der Waals surface area contributed by atoms with Crippen LogP contribution in [0.15, 0.2) is 10.7 Å². The highest BCUT2D eigenvalue weighted by Crippen LogP contribution is 2.76. The molecule has 6 rings (SSSR count). The molecule has 0 spiro atoms. The summed E-state index contributed by atoms with van der Waals surface area (Å²) < 4.78 is 5.79. The minimum atomic E-state index is -0.732. The molecule has 5 nitrogen and oxygen atoms in total. The Morgan fingerprint density at radius 1 is 0.972 bits per heavy atom. The monoisotopic (exact) mass is 495 g/mol. The first-order chi connectivity index (χ1) is 16.6.